The lowest BCUT2D eigenvalue weighted by Crippen LogP contribution is -2.50. The van der Waals surface area contributed by atoms with Crippen LogP contribution in [0.3, 0.4) is 0 Å². The molecule has 1 amide bonds. The Hall–Kier alpha value is -0.690. The molecule has 2 N–H and O–H groups in total. The normalized spacial score (nSPS) is 13.6. The second kappa shape index (κ2) is 11.8. The largest absolute Gasteiger partial charge is 0.374 e. The lowest BCUT2D eigenvalue weighted by Gasteiger charge is -2.31. The zero-order valence-corrected chi connectivity index (χ0v) is 16.6. The molecule has 0 unspecified atom stereocenters. The highest BCUT2D eigenvalue weighted by Gasteiger charge is 2.26. The first-order valence-electron chi connectivity index (χ1n) is 9.02. The quantitative estimate of drug-likeness (QED) is 0.549. The van der Waals surface area contributed by atoms with Crippen molar-refractivity contribution in [3.8, 4) is 0 Å². The number of hydrogen-bond donors (Lipinski definition) is 1. The van der Waals surface area contributed by atoms with Gasteiger partial charge in [-0.3, -0.25) is 4.79 Å². The van der Waals surface area contributed by atoms with Gasteiger partial charge >= 0.3 is 0 Å². The van der Waals surface area contributed by atoms with Crippen LogP contribution in [0.2, 0.25) is 0 Å². The number of amides is 1. The SMILES string of the molecule is CCOC(CN(CCC(C)C)C(=O)[C@@H](N)COC(C)(C)C)OCC. The number of ether oxygens (including phenoxy) is 3. The summed E-state index contributed by atoms with van der Waals surface area (Å²) in [6.07, 6.45) is 0.482. The van der Waals surface area contributed by atoms with Gasteiger partial charge in [0.05, 0.1) is 18.8 Å². The molecule has 24 heavy (non-hydrogen) atoms. The fraction of sp³-hybridized carbons (Fsp3) is 0.944. The third-order valence-electron chi connectivity index (χ3n) is 3.38. The Morgan fingerprint density at radius 1 is 1.12 bits per heavy atom. The molecule has 0 heterocycles. The molecule has 0 saturated heterocycles. The molecule has 0 aliphatic rings. The van der Waals surface area contributed by atoms with Gasteiger partial charge in [0, 0.05) is 19.8 Å². The Kier molecular flexibility index (Phi) is 11.5. The van der Waals surface area contributed by atoms with Crippen molar-refractivity contribution in [2.24, 2.45) is 11.7 Å². The fourth-order valence-electron chi connectivity index (χ4n) is 2.06. The van der Waals surface area contributed by atoms with Crippen LogP contribution in [0.5, 0.6) is 0 Å². The van der Waals surface area contributed by atoms with E-state index in [1.165, 1.54) is 0 Å². The third kappa shape index (κ3) is 11.0. The average Bonchev–Trinajstić information content (AvgIpc) is 2.47. The summed E-state index contributed by atoms with van der Waals surface area (Å²) in [5.74, 6) is 0.379. The molecule has 0 fully saturated rings. The van der Waals surface area contributed by atoms with Crippen molar-refractivity contribution in [3.05, 3.63) is 0 Å². The minimum atomic E-state index is -0.680. The van der Waals surface area contributed by atoms with Gasteiger partial charge in [0.15, 0.2) is 6.29 Å². The lowest BCUT2D eigenvalue weighted by atomic mass is 10.1. The molecule has 0 rings (SSSR count). The Balaban J connectivity index is 4.85. The summed E-state index contributed by atoms with van der Waals surface area (Å²) in [6.45, 7) is 16.2. The molecule has 0 aromatic rings. The van der Waals surface area contributed by atoms with E-state index in [2.05, 4.69) is 13.8 Å². The van der Waals surface area contributed by atoms with E-state index >= 15 is 0 Å². The molecule has 1 atom stereocenters. The number of carbonyl (C=O) groups excluding carboxylic acids is 1. The van der Waals surface area contributed by atoms with Crippen LogP contribution >= 0.6 is 0 Å². The van der Waals surface area contributed by atoms with E-state index in [0.717, 1.165) is 6.42 Å². The Morgan fingerprint density at radius 2 is 1.67 bits per heavy atom. The zero-order valence-electron chi connectivity index (χ0n) is 16.6. The van der Waals surface area contributed by atoms with Gasteiger partial charge in [0.25, 0.3) is 0 Å². The van der Waals surface area contributed by atoms with Crippen LogP contribution in [0.25, 0.3) is 0 Å². The first-order valence-corrected chi connectivity index (χ1v) is 9.02. The lowest BCUT2D eigenvalue weighted by molar-refractivity contribution is -0.161. The molecular weight excluding hydrogens is 308 g/mol. The van der Waals surface area contributed by atoms with Crippen LogP contribution in [0.15, 0.2) is 0 Å². The van der Waals surface area contributed by atoms with Crippen molar-refractivity contribution >= 4 is 5.91 Å². The van der Waals surface area contributed by atoms with Crippen LogP contribution in [-0.4, -0.2) is 61.7 Å². The maximum absolute atomic E-state index is 12.7. The highest BCUT2D eigenvalue weighted by Crippen LogP contribution is 2.10. The van der Waals surface area contributed by atoms with Crippen molar-refractivity contribution in [1.82, 2.24) is 4.90 Å². The van der Waals surface area contributed by atoms with E-state index in [1.54, 1.807) is 4.90 Å². The average molecular weight is 347 g/mol. The molecular formula is C18H38N2O4. The van der Waals surface area contributed by atoms with Crippen LogP contribution in [0.1, 0.15) is 54.9 Å². The Bertz CT molecular complexity index is 336. The Labute approximate surface area is 148 Å². The fourth-order valence-corrected chi connectivity index (χ4v) is 2.06. The van der Waals surface area contributed by atoms with Crippen molar-refractivity contribution < 1.29 is 19.0 Å². The third-order valence-corrected chi connectivity index (χ3v) is 3.38. The number of nitrogens with two attached hydrogens (primary N) is 1. The molecule has 0 saturated carbocycles. The van der Waals surface area contributed by atoms with Gasteiger partial charge in [-0.05, 0) is 47.0 Å². The van der Waals surface area contributed by atoms with E-state index < -0.39 is 12.3 Å². The minimum Gasteiger partial charge on any atom is -0.374 e. The molecule has 0 aliphatic carbocycles. The number of carbonyl (C=O) groups is 1. The molecule has 0 spiro atoms. The van der Waals surface area contributed by atoms with Gasteiger partial charge in [0.2, 0.25) is 5.91 Å². The van der Waals surface area contributed by atoms with Gasteiger partial charge in [-0.2, -0.15) is 0 Å². The molecule has 0 bridgehead atoms. The van der Waals surface area contributed by atoms with E-state index in [1.807, 2.05) is 34.6 Å². The highest BCUT2D eigenvalue weighted by molar-refractivity contribution is 5.81. The van der Waals surface area contributed by atoms with Gasteiger partial charge in [-0.15, -0.1) is 0 Å². The van der Waals surface area contributed by atoms with E-state index in [4.69, 9.17) is 19.9 Å². The number of rotatable bonds is 12. The predicted molar refractivity (Wildman–Crippen MR) is 96.8 cm³/mol. The van der Waals surface area contributed by atoms with Gasteiger partial charge in [0.1, 0.15) is 6.04 Å². The van der Waals surface area contributed by atoms with Crippen molar-refractivity contribution in [2.75, 3.05) is 32.9 Å². The van der Waals surface area contributed by atoms with E-state index in [-0.39, 0.29) is 18.1 Å². The standard InChI is InChI=1S/C18H38N2O4/c1-8-22-16(23-9-2)12-20(11-10-14(3)4)17(21)15(19)13-24-18(5,6)7/h14-16H,8-13,19H2,1-7H3/t15-/m0/s1. The van der Waals surface area contributed by atoms with Gasteiger partial charge in [-0.1, -0.05) is 13.8 Å². The van der Waals surface area contributed by atoms with Crippen LogP contribution < -0.4 is 5.73 Å². The molecule has 0 aromatic carbocycles. The molecule has 0 aromatic heterocycles. The molecule has 6 nitrogen and oxygen atoms in total. The maximum atomic E-state index is 12.7. The number of hydrogen-bond acceptors (Lipinski definition) is 5. The second-order valence-electron chi connectivity index (χ2n) is 7.34. The topological polar surface area (TPSA) is 74.0 Å². The van der Waals surface area contributed by atoms with Gasteiger partial charge in [-0.25, -0.2) is 0 Å². The summed E-state index contributed by atoms with van der Waals surface area (Å²) in [6, 6.07) is -0.680. The number of nitrogens with zero attached hydrogens (tertiary/aromatic N) is 1. The second-order valence-corrected chi connectivity index (χ2v) is 7.34. The van der Waals surface area contributed by atoms with Crippen molar-refractivity contribution in [1.29, 1.82) is 0 Å². The molecule has 144 valence electrons. The summed E-state index contributed by atoms with van der Waals surface area (Å²) >= 11 is 0. The predicted octanol–water partition coefficient (Wildman–Crippen LogP) is 2.40. The van der Waals surface area contributed by atoms with Crippen molar-refractivity contribution in [3.63, 3.8) is 0 Å². The monoisotopic (exact) mass is 346 g/mol. The summed E-state index contributed by atoms with van der Waals surface area (Å²) in [5, 5.41) is 0. The first-order chi connectivity index (χ1) is 11.1. The van der Waals surface area contributed by atoms with Crippen LogP contribution in [0, 0.1) is 5.92 Å². The molecule has 0 aliphatic heterocycles. The van der Waals surface area contributed by atoms with Gasteiger partial charge < -0.3 is 24.8 Å². The highest BCUT2D eigenvalue weighted by atomic mass is 16.7. The zero-order chi connectivity index (χ0) is 18.8. The van der Waals surface area contributed by atoms with Crippen molar-refractivity contribution in [2.45, 2.75) is 72.8 Å². The maximum Gasteiger partial charge on any atom is 0.242 e. The molecule has 0 radical (unpaired) electrons. The van der Waals surface area contributed by atoms with Crippen LogP contribution in [0.4, 0.5) is 0 Å². The summed E-state index contributed by atoms with van der Waals surface area (Å²) in [5.41, 5.74) is 5.74. The van der Waals surface area contributed by atoms with E-state index in [9.17, 15) is 4.79 Å². The Morgan fingerprint density at radius 3 is 2.08 bits per heavy atom. The molecule has 6 heteroatoms. The first kappa shape index (κ1) is 23.3. The smallest absolute Gasteiger partial charge is 0.242 e. The summed E-state index contributed by atoms with van der Waals surface area (Å²) in [4.78, 5) is 14.5. The van der Waals surface area contributed by atoms with Crippen LogP contribution in [-0.2, 0) is 19.0 Å². The minimum absolute atomic E-state index is 0.121. The summed E-state index contributed by atoms with van der Waals surface area (Å²) in [7, 11) is 0. The summed E-state index contributed by atoms with van der Waals surface area (Å²) < 4.78 is 16.8. The van der Waals surface area contributed by atoms with E-state index in [0.29, 0.717) is 32.2 Å².